The van der Waals surface area contributed by atoms with E-state index in [9.17, 15) is 5.11 Å². The van der Waals surface area contributed by atoms with Crippen LogP contribution >= 0.6 is 11.6 Å². The summed E-state index contributed by atoms with van der Waals surface area (Å²) < 4.78 is 0. The number of rotatable bonds is 1. The molecule has 0 aliphatic rings. The molecule has 0 aromatic carbocycles. The van der Waals surface area contributed by atoms with E-state index in [-0.39, 0.29) is 23.2 Å². The highest BCUT2D eigenvalue weighted by Crippen LogP contribution is 2.15. The van der Waals surface area contributed by atoms with Gasteiger partial charge in [-0.2, -0.15) is 0 Å². The first kappa shape index (κ1) is 9.85. The zero-order valence-corrected chi connectivity index (χ0v) is 7.54. The zero-order valence-electron chi connectivity index (χ0n) is 6.79. The number of nitrogens with zero attached hydrogens (tertiary/aromatic N) is 1. The molecule has 3 nitrogen and oxygen atoms in total. The zero-order chi connectivity index (χ0) is 9.68. The minimum absolute atomic E-state index is 0.00478. The van der Waals surface area contributed by atoms with E-state index in [1.807, 2.05) is 0 Å². The molecule has 13 heavy (non-hydrogen) atoms. The van der Waals surface area contributed by atoms with Gasteiger partial charge in [-0.05, 0) is 18.1 Å². The van der Waals surface area contributed by atoms with Crippen LogP contribution in [0.25, 0.3) is 0 Å². The van der Waals surface area contributed by atoms with Crippen LogP contribution in [0, 0.1) is 11.8 Å². The molecule has 0 unspecified atom stereocenters. The molecule has 0 saturated heterocycles. The summed E-state index contributed by atoms with van der Waals surface area (Å²) in [6, 6.07) is 2.91. The second-order valence-electron chi connectivity index (χ2n) is 2.28. The highest BCUT2D eigenvalue weighted by molar-refractivity contribution is 6.29. The van der Waals surface area contributed by atoms with Crippen molar-refractivity contribution in [2.24, 2.45) is 0 Å². The topological polar surface area (TPSA) is 53.4 Å². The number of aromatic nitrogens is 1. The van der Waals surface area contributed by atoms with E-state index in [2.05, 4.69) is 16.8 Å². The van der Waals surface area contributed by atoms with Gasteiger partial charge >= 0.3 is 0 Å². The van der Waals surface area contributed by atoms with E-state index in [1.54, 1.807) is 0 Å². The molecule has 0 fully saturated rings. The van der Waals surface area contributed by atoms with Crippen LogP contribution in [0.15, 0.2) is 12.1 Å². The first-order valence-corrected chi connectivity index (χ1v) is 4.07. The molecule has 1 rings (SSSR count). The summed E-state index contributed by atoms with van der Waals surface area (Å²) in [6.45, 7) is -0.00563. The van der Waals surface area contributed by atoms with Crippen molar-refractivity contribution in [2.45, 2.75) is 6.42 Å². The van der Waals surface area contributed by atoms with Crippen LogP contribution in [0.5, 0.6) is 5.75 Å². The summed E-state index contributed by atoms with van der Waals surface area (Å²) in [5.74, 6) is 5.23. The fraction of sp³-hybridized carbons (Fsp3) is 0.222. The fourth-order valence-electron chi connectivity index (χ4n) is 0.722. The lowest BCUT2D eigenvalue weighted by Gasteiger charge is -1.95. The second-order valence-corrected chi connectivity index (χ2v) is 2.66. The maximum absolute atomic E-state index is 9.25. The molecule has 0 aliphatic heterocycles. The van der Waals surface area contributed by atoms with Gasteiger partial charge in [0.1, 0.15) is 10.9 Å². The van der Waals surface area contributed by atoms with E-state index in [0.29, 0.717) is 6.42 Å². The molecule has 2 N–H and O–H groups in total. The lowest BCUT2D eigenvalue weighted by molar-refractivity contribution is 0.305. The van der Waals surface area contributed by atoms with Crippen molar-refractivity contribution in [1.82, 2.24) is 4.98 Å². The van der Waals surface area contributed by atoms with Crippen LogP contribution in [-0.2, 0) is 0 Å². The van der Waals surface area contributed by atoms with Crippen molar-refractivity contribution in [2.75, 3.05) is 6.61 Å². The Balaban J connectivity index is 2.89. The molecule has 0 bridgehead atoms. The molecule has 0 radical (unpaired) electrons. The third kappa shape index (κ3) is 2.94. The molecule has 68 valence electrons. The molecular weight excluding hydrogens is 190 g/mol. The lowest BCUT2D eigenvalue weighted by atomic mass is 10.3. The molecule has 1 aromatic heterocycles. The number of halogens is 1. The van der Waals surface area contributed by atoms with Gasteiger partial charge < -0.3 is 10.2 Å². The average molecular weight is 198 g/mol. The summed E-state index contributed by atoms with van der Waals surface area (Å²) >= 11 is 5.59. The largest absolute Gasteiger partial charge is 0.505 e. The summed E-state index contributed by atoms with van der Waals surface area (Å²) in [5.41, 5.74) is 0.237. The van der Waals surface area contributed by atoms with Gasteiger partial charge in [-0.1, -0.05) is 17.5 Å². The molecule has 1 heterocycles. The summed E-state index contributed by atoms with van der Waals surface area (Å²) in [7, 11) is 0. The van der Waals surface area contributed by atoms with Crippen molar-refractivity contribution in [3.05, 3.63) is 23.0 Å². The summed E-state index contributed by atoms with van der Waals surface area (Å²) in [4.78, 5) is 3.80. The molecule has 4 heteroatoms. The van der Waals surface area contributed by atoms with Gasteiger partial charge in [0.05, 0.1) is 6.61 Å². The second kappa shape index (κ2) is 4.70. The van der Waals surface area contributed by atoms with Gasteiger partial charge in [0.2, 0.25) is 0 Å². The van der Waals surface area contributed by atoms with Gasteiger partial charge in [0.25, 0.3) is 0 Å². The number of aliphatic hydroxyl groups excluding tert-OH is 1. The monoisotopic (exact) mass is 197 g/mol. The number of aromatic hydroxyl groups is 1. The number of hydrogen-bond acceptors (Lipinski definition) is 3. The van der Waals surface area contributed by atoms with Crippen molar-refractivity contribution < 1.29 is 10.2 Å². The van der Waals surface area contributed by atoms with E-state index < -0.39 is 0 Å². The van der Waals surface area contributed by atoms with Gasteiger partial charge in [0, 0.05) is 6.42 Å². The Kier molecular flexibility index (Phi) is 3.56. The summed E-state index contributed by atoms with van der Waals surface area (Å²) in [6.07, 6.45) is 0.355. The van der Waals surface area contributed by atoms with E-state index in [4.69, 9.17) is 16.7 Å². The van der Waals surface area contributed by atoms with E-state index in [0.717, 1.165) is 0 Å². The lowest BCUT2D eigenvalue weighted by Crippen LogP contribution is -1.84. The smallest absolute Gasteiger partial charge is 0.156 e. The minimum atomic E-state index is -0.00563. The Hall–Kier alpha value is -1.24. The van der Waals surface area contributed by atoms with Crippen molar-refractivity contribution in [1.29, 1.82) is 0 Å². The molecule has 0 atom stereocenters. The molecule has 0 saturated carbocycles. The third-order valence-electron chi connectivity index (χ3n) is 1.28. The highest BCUT2D eigenvalue weighted by atomic mass is 35.5. The molecule has 1 aromatic rings. The Morgan fingerprint density at radius 3 is 2.92 bits per heavy atom. The number of hydrogen-bond donors (Lipinski definition) is 2. The first-order chi connectivity index (χ1) is 6.24. The van der Waals surface area contributed by atoms with Crippen molar-refractivity contribution in [3.8, 4) is 17.6 Å². The Labute approximate surface area is 81.0 Å². The van der Waals surface area contributed by atoms with Crippen LogP contribution in [0.4, 0.5) is 0 Å². The van der Waals surface area contributed by atoms with Crippen molar-refractivity contribution >= 4 is 11.6 Å². The Bertz CT molecular complexity index is 354. The van der Waals surface area contributed by atoms with Gasteiger partial charge in [-0.15, -0.1) is 0 Å². The highest BCUT2D eigenvalue weighted by Gasteiger charge is 1.98. The Morgan fingerprint density at radius 1 is 1.46 bits per heavy atom. The first-order valence-electron chi connectivity index (χ1n) is 3.69. The van der Waals surface area contributed by atoms with Crippen LogP contribution in [0.2, 0.25) is 5.15 Å². The molecule has 0 spiro atoms. The van der Waals surface area contributed by atoms with Gasteiger partial charge in [-0.25, -0.2) is 4.98 Å². The standard InChI is InChI=1S/C9H8ClNO2/c10-9-5-4-8(13)7(11-9)3-1-2-6-12/h4-5,12-13H,2,6H2. The van der Waals surface area contributed by atoms with Crippen LogP contribution in [0.3, 0.4) is 0 Å². The van der Waals surface area contributed by atoms with Crippen LogP contribution in [0.1, 0.15) is 12.1 Å². The van der Waals surface area contributed by atoms with Crippen LogP contribution < -0.4 is 0 Å². The average Bonchev–Trinajstić information content (AvgIpc) is 2.11. The SMILES string of the molecule is OCCC#Cc1nc(Cl)ccc1O. The van der Waals surface area contributed by atoms with E-state index >= 15 is 0 Å². The maximum Gasteiger partial charge on any atom is 0.156 e. The molecule has 0 aliphatic carbocycles. The minimum Gasteiger partial charge on any atom is -0.505 e. The predicted molar refractivity (Wildman–Crippen MR) is 49.5 cm³/mol. The quantitative estimate of drug-likeness (QED) is 0.525. The fourth-order valence-corrected chi connectivity index (χ4v) is 0.870. The summed E-state index contributed by atoms with van der Waals surface area (Å²) in [5, 5.41) is 18.0. The Morgan fingerprint density at radius 2 is 2.23 bits per heavy atom. The predicted octanol–water partition coefficient (Wildman–Crippen LogP) is 1.17. The van der Waals surface area contributed by atoms with Crippen molar-refractivity contribution in [3.63, 3.8) is 0 Å². The number of pyridine rings is 1. The molecular formula is C9H8ClNO2. The molecule has 0 amide bonds. The number of aliphatic hydroxyl groups is 1. The normalized spacial score (nSPS) is 9.08. The maximum atomic E-state index is 9.25. The van der Waals surface area contributed by atoms with E-state index in [1.165, 1.54) is 12.1 Å². The third-order valence-corrected chi connectivity index (χ3v) is 1.49. The van der Waals surface area contributed by atoms with Crippen LogP contribution in [-0.4, -0.2) is 21.8 Å². The van der Waals surface area contributed by atoms with Gasteiger partial charge in [-0.3, -0.25) is 0 Å². The van der Waals surface area contributed by atoms with Gasteiger partial charge in [0.15, 0.2) is 5.69 Å².